The molecule has 0 atom stereocenters. The molecule has 4 heteroatoms. The first-order chi connectivity index (χ1) is 7.88. The first-order valence-corrected chi connectivity index (χ1v) is 5.70. The van der Waals surface area contributed by atoms with E-state index < -0.39 is 0 Å². The normalized spacial score (nSPS) is 14.9. The van der Waals surface area contributed by atoms with Crippen LogP contribution >= 0.6 is 12.9 Å². The van der Waals surface area contributed by atoms with E-state index in [0.29, 0.717) is 0 Å². The molecule has 2 aromatic rings. The average molecular weight is 232 g/mol. The van der Waals surface area contributed by atoms with Gasteiger partial charge in [-0.05, 0) is 24.6 Å². The molecule has 1 saturated heterocycles. The maximum Gasteiger partial charge on any atom is 0.147 e. The van der Waals surface area contributed by atoms with Gasteiger partial charge in [-0.15, -0.1) is 0 Å². The molecule has 0 radical (unpaired) electrons. The summed E-state index contributed by atoms with van der Waals surface area (Å²) in [4.78, 5) is 6.64. The summed E-state index contributed by atoms with van der Waals surface area (Å²) in [6, 6.07) is 8.08. The van der Waals surface area contributed by atoms with Gasteiger partial charge in [-0.3, -0.25) is 4.98 Å². The Hall–Kier alpha value is -1.42. The Kier molecular flexibility index (Phi) is 2.36. The van der Waals surface area contributed by atoms with Gasteiger partial charge in [0.2, 0.25) is 0 Å². The second-order valence-electron chi connectivity index (χ2n) is 3.94. The Morgan fingerprint density at radius 1 is 1.25 bits per heavy atom. The van der Waals surface area contributed by atoms with Crippen molar-refractivity contribution in [2.45, 2.75) is 6.42 Å². The lowest BCUT2D eigenvalue weighted by atomic mass is 10.1. The molecular weight excluding hydrogens is 220 g/mol. The van der Waals surface area contributed by atoms with Crippen LogP contribution in [0.25, 0.3) is 10.9 Å². The van der Waals surface area contributed by atoms with Crippen LogP contribution < -0.4 is 9.08 Å². The van der Waals surface area contributed by atoms with E-state index in [1.807, 2.05) is 12.1 Å². The molecule has 1 aromatic carbocycles. The summed E-state index contributed by atoms with van der Waals surface area (Å²) in [6.07, 6.45) is 3.01. The number of nitrogens with zero attached hydrogens (tertiary/aromatic N) is 2. The lowest BCUT2D eigenvalue weighted by Gasteiger charge is -2.33. The van der Waals surface area contributed by atoms with Crippen LogP contribution in [0.2, 0.25) is 0 Å². The van der Waals surface area contributed by atoms with Gasteiger partial charge < -0.3 is 9.08 Å². The highest BCUT2D eigenvalue weighted by Gasteiger charge is 2.15. The monoisotopic (exact) mass is 232 g/mol. The number of benzene rings is 1. The minimum atomic E-state index is 0.760. The Morgan fingerprint density at radius 3 is 2.81 bits per heavy atom. The number of fused-ring (bicyclic) bond motifs is 1. The number of hydrogen-bond donors (Lipinski definition) is 1. The molecule has 0 unspecified atom stereocenters. The number of hydrogen-bond acceptors (Lipinski definition) is 4. The third kappa shape index (κ3) is 1.50. The predicted octanol–water partition coefficient (Wildman–Crippen LogP) is 2.67. The molecule has 2 heterocycles. The van der Waals surface area contributed by atoms with Crippen molar-refractivity contribution in [3.8, 4) is 5.75 Å². The molecule has 0 amide bonds. The summed E-state index contributed by atoms with van der Waals surface area (Å²) >= 11 is 3.87. The molecule has 0 bridgehead atoms. The zero-order chi connectivity index (χ0) is 11.0. The summed E-state index contributed by atoms with van der Waals surface area (Å²) in [6.45, 7) is 2.28. The summed E-state index contributed by atoms with van der Waals surface area (Å²) in [5.41, 5.74) is 2.18. The quantitative estimate of drug-likeness (QED) is 0.636. The van der Waals surface area contributed by atoms with Gasteiger partial charge in [-0.25, -0.2) is 0 Å². The van der Waals surface area contributed by atoms with Crippen LogP contribution in [0.3, 0.4) is 0 Å². The summed E-state index contributed by atoms with van der Waals surface area (Å²) < 4.78 is 5.05. The molecule has 1 aliphatic heterocycles. The van der Waals surface area contributed by atoms with Gasteiger partial charge in [0.1, 0.15) is 5.75 Å². The third-order valence-corrected chi connectivity index (χ3v) is 3.20. The van der Waals surface area contributed by atoms with Gasteiger partial charge in [-0.2, -0.15) is 0 Å². The fraction of sp³-hybridized carbons (Fsp3) is 0.250. The SMILES string of the molecule is SOc1ccnc2ccc(N3CCC3)cc12. The number of thiol groups is 1. The number of rotatable bonds is 2. The van der Waals surface area contributed by atoms with Crippen LogP contribution in [0.15, 0.2) is 30.5 Å². The lowest BCUT2D eigenvalue weighted by Crippen LogP contribution is -2.36. The molecule has 0 spiro atoms. The zero-order valence-electron chi connectivity index (χ0n) is 8.76. The molecule has 0 saturated carbocycles. The Morgan fingerprint density at radius 2 is 2.12 bits per heavy atom. The number of anilines is 1. The highest BCUT2D eigenvalue weighted by atomic mass is 32.1. The molecular formula is C12H12N2OS. The molecule has 3 rings (SSSR count). The van der Waals surface area contributed by atoms with Gasteiger partial charge >= 0.3 is 0 Å². The van der Waals surface area contributed by atoms with Crippen LogP contribution in [0.5, 0.6) is 5.75 Å². The van der Waals surface area contributed by atoms with Crippen molar-refractivity contribution in [3.05, 3.63) is 30.5 Å². The molecule has 16 heavy (non-hydrogen) atoms. The molecule has 3 nitrogen and oxygen atoms in total. The minimum Gasteiger partial charge on any atom is -0.428 e. The first kappa shape index (κ1) is 9.78. The van der Waals surface area contributed by atoms with Crippen molar-refractivity contribution in [2.75, 3.05) is 18.0 Å². The largest absolute Gasteiger partial charge is 0.428 e. The Balaban J connectivity index is 2.14. The lowest BCUT2D eigenvalue weighted by molar-refractivity contribution is 0.618. The standard InChI is InChI=1S/C12H12N2OS/c16-15-12-4-5-13-11-3-2-9(8-10(11)12)14-6-1-7-14/h2-5,8,16H,1,6-7H2. The molecule has 1 fully saturated rings. The minimum absolute atomic E-state index is 0.760. The van der Waals surface area contributed by atoms with Crippen molar-refractivity contribution in [2.24, 2.45) is 0 Å². The van der Waals surface area contributed by atoms with Crippen LogP contribution in [-0.2, 0) is 0 Å². The average Bonchev–Trinajstić information content (AvgIpc) is 2.26. The van der Waals surface area contributed by atoms with Crippen molar-refractivity contribution in [3.63, 3.8) is 0 Å². The van der Waals surface area contributed by atoms with E-state index in [4.69, 9.17) is 4.18 Å². The first-order valence-electron chi connectivity index (χ1n) is 5.33. The van der Waals surface area contributed by atoms with Crippen LogP contribution in [0.1, 0.15) is 6.42 Å². The highest BCUT2D eigenvalue weighted by molar-refractivity contribution is 7.75. The van der Waals surface area contributed by atoms with Gasteiger partial charge in [-0.1, -0.05) is 0 Å². The van der Waals surface area contributed by atoms with Gasteiger partial charge in [0.05, 0.1) is 5.52 Å². The van der Waals surface area contributed by atoms with E-state index in [1.54, 1.807) is 6.20 Å². The Bertz CT molecular complexity index is 525. The molecule has 1 aromatic heterocycles. The van der Waals surface area contributed by atoms with E-state index in [1.165, 1.54) is 12.1 Å². The smallest absolute Gasteiger partial charge is 0.147 e. The van der Waals surface area contributed by atoms with E-state index in [9.17, 15) is 0 Å². The second kappa shape index (κ2) is 3.87. The van der Waals surface area contributed by atoms with Crippen molar-refractivity contribution < 1.29 is 4.18 Å². The number of pyridine rings is 1. The predicted molar refractivity (Wildman–Crippen MR) is 68.2 cm³/mol. The van der Waals surface area contributed by atoms with E-state index in [0.717, 1.165) is 29.7 Å². The van der Waals surface area contributed by atoms with Crippen molar-refractivity contribution >= 4 is 29.5 Å². The number of aromatic nitrogens is 1. The molecule has 0 N–H and O–H groups in total. The fourth-order valence-electron chi connectivity index (χ4n) is 1.96. The summed E-state index contributed by atoms with van der Waals surface area (Å²) in [5.74, 6) is 0.760. The Labute approximate surface area is 99.7 Å². The van der Waals surface area contributed by atoms with E-state index >= 15 is 0 Å². The maximum absolute atomic E-state index is 5.05. The molecule has 82 valence electrons. The zero-order valence-corrected chi connectivity index (χ0v) is 9.65. The van der Waals surface area contributed by atoms with Crippen molar-refractivity contribution in [1.82, 2.24) is 4.98 Å². The van der Waals surface area contributed by atoms with Crippen LogP contribution in [-0.4, -0.2) is 18.1 Å². The van der Waals surface area contributed by atoms with Gasteiger partial charge in [0, 0.05) is 49.3 Å². The molecule has 1 aliphatic rings. The topological polar surface area (TPSA) is 25.4 Å². The van der Waals surface area contributed by atoms with Crippen LogP contribution in [0, 0.1) is 0 Å². The van der Waals surface area contributed by atoms with Crippen LogP contribution in [0.4, 0.5) is 5.69 Å². The van der Waals surface area contributed by atoms with Crippen molar-refractivity contribution in [1.29, 1.82) is 0 Å². The van der Waals surface area contributed by atoms with Gasteiger partial charge in [0.25, 0.3) is 0 Å². The fourth-order valence-corrected chi connectivity index (χ4v) is 2.12. The summed E-state index contributed by atoms with van der Waals surface area (Å²) in [5, 5.41) is 1.02. The summed E-state index contributed by atoms with van der Waals surface area (Å²) in [7, 11) is 0. The van der Waals surface area contributed by atoms with E-state index in [-0.39, 0.29) is 0 Å². The highest BCUT2D eigenvalue weighted by Crippen LogP contribution is 2.30. The second-order valence-corrected chi connectivity index (χ2v) is 4.13. The maximum atomic E-state index is 5.05. The van der Waals surface area contributed by atoms with E-state index in [2.05, 4.69) is 34.9 Å². The molecule has 0 aliphatic carbocycles. The third-order valence-electron chi connectivity index (χ3n) is 3.00. The van der Waals surface area contributed by atoms with Gasteiger partial charge in [0.15, 0.2) is 0 Å².